The number of benzene rings is 1. The van der Waals surface area contributed by atoms with Gasteiger partial charge in [0.25, 0.3) is 17.5 Å². The lowest BCUT2D eigenvalue weighted by Crippen LogP contribution is -2.51. The van der Waals surface area contributed by atoms with Crippen molar-refractivity contribution < 1.29 is 24.1 Å². The van der Waals surface area contributed by atoms with Crippen molar-refractivity contribution in [3.05, 3.63) is 39.4 Å². The number of non-ortho nitro benzene ring substituents is 1. The number of rotatable bonds is 6. The predicted octanol–water partition coefficient (Wildman–Crippen LogP) is 1.05. The second-order valence-electron chi connectivity index (χ2n) is 7.83. The maximum atomic E-state index is 12.5. The fourth-order valence-electron chi connectivity index (χ4n) is 3.91. The third-order valence-corrected chi connectivity index (χ3v) is 5.81. The first-order valence-electron chi connectivity index (χ1n) is 10.1. The van der Waals surface area contributed by atoms with Gasteiger partial charge in [0.2, 0.25) is 11.8 Å². The first kappa shape index (κ1) is 20.0. The Hall–Kier alpha value is -3.30. The summed E-state index contributed by atoms with van der Waals surface area (Å²) in [7, 11) is 0. The summed E-state index contributed by atoms with van der Waals surface area (Å²) in [6.07, 6.45) is 2.42. The second kappa shape index (κ2) is 7.85. The van der Waals surface area contributed by atoms with Crippen LogP contribution in [0.2, 0.25) is 0 Å². The summed E-state index contributed by atoms with van der Waals surface area (Å²) >= 11 is 0. The molecule has 0 spiro atoms. The van der Waals surface area contributed by atoms with Gasteiger partial charge in [-0.2, -0.15) is 0 Å². The van der Waals surface area contributed by atoms with E-state index in [1.54, 1.807) is 4.90 Å². The molecule has 0 N–H and O–H groups in total. The van der Waals surface area contributed by atoms with E-state index in [2.05, 4.69) is 0 Å². The van der Waals surface area contributed by atoms with Gasteiger partial charge in [0.1, 0.15) is 0 Å². The van der Waals surface area contributed by atoms with Crippen molar-refractivity contribution in [3.63, 3.8) is 0 Å². The minimum atomic E-state index is -0.614. The van der Waals surface area contributed by atoms with Gasteiger partial charge in [-0.25, -0.2) is 0 Å². The van der Waals surface area contributed by atoms with E-state index in [4.69, 9.17) is 0 Å². The van der Waals surface area contributed by atoms with E-state index >= 15 is 0 Å². The van der Waals surface area contributed by atoms with Gasteiger partial charge in [-0.1, -0.05) is 0 Å². The van der Waals surface area contributed by atoms with Crippen molar-refractivity contribution in [3.8, 4) is 0 Å². The summed E-state index contributed by atoms with van der Waals surface area (Å²) in [5.74, 6) is -0.773. The Morgan fingerprint density at radius 3 is 2.27 bits per heavy atom. The van der Waals surface area contributed by atoms with Crippen LogP contribution in [0.25, 0.3) is 0 Å². The van der Waals surface area contributed by atoms with E-state index in [-0.39, 0.29) is 47.5 Å². The van der Waals surface area contributed by atoms with Crippen molar-refractivity contribution in [1.29, 1.82) is 0 Å². The van der Waals surface area contributed by atoms with Crippen LogP contribution in [0.3, 0.4) is 0 Å². The van der Waals surface area contributed by atoms with Crippen LogP contribution in [-0.2, 0) is 9.59 Å². The molecule has 2 aliphatic heterocycles. The van der Waals surface area contributed by atoms with Gasteiger partial charge in [-0.3, -0.25) is 34.2 Å². The first-order chi connectivity index (χ1) is 14.4. The number of fused-ring (bicyclic) bond motifs is 1. The second-order valence-corrected chi connectivity index (χ2v) is 7.83. The molecule has 4 amide bonds. The molecule has 0 bridgehead atoms. The van der Waals surface area contributed by atoms with Crippen LogP contribution in [0, 0.1) is 16.0 Å². The van der Waals surface area contributed by atoms with Gasteiger partial charge in [-0.05, 0) is 25.3 Å². The Balaban J connectivity index is 1.26. The zero-order chi connectivity index (χ0) is 21.4. The molecular weight excluding hydrogens is 392 g/mol. The molecule has 4 rings (SSSR count). The van der Waals surface area contributed by atoms with E-state index in [9.17, 15) is 29.3 Å². The Labute approximate surface area is 172 Å². The summed E-state index contributed by atoms with van der Waals surface area (Å²) in [6, 6.07) is 3.61. The van der Waals surface area contributed by atoms with Crippen molar-refractivity contribution in [2.24, 2.45) is 5.92 Å². The lowest BCUT2D eigenvalue weighted by atomic mass is 10.1. The summed E-state index contributed by atoms with van der Waals surface area (Å²) in [4.78, 5) is 64.3. The third kappa shape index (κ3) is 3.77. The van der Waals surface area contributed by atoms with Gasteiger partial charge >= 0.3 is 0 Å². The number of nitro benzene ring substituents is 1. The molecule has 10 heteroatoms. The van der Waals surface area contributed by atoms with E-state index in [1.807, 2.05) is 4.90 Å². The van der Waals surface area contributed by atoms with Crippen molar-refractivity contribution in [1.82, 2.24) is 14.7 Å². The molecule has 1 aromatic carbocycles. The molecule has 2 fully saturated rings. The zero-order valence-electron chi connectivity index (χ0n) is 16.4. The lowest BCUT2D eigenvalue weighted by molar-refractivity contribution is -0.384. The number of carbonyl (C=O) groups is 4. The average molecular weight is 414 g/mol. The highest BCUT2D eigenvalue weighted by molar-refractivity contribution is 6.21. The van der Waals surface area contributed by atoms with E-state index in [0.29, 0.717) is 32.6 Å². The SMILES string of the molecule is O=C(CCCN1C(=O)c2ccc([N+](=O)[O-])cc2C1=O)N1CCN(C(=O)C2CC2)CC1. The molecule has 2 heterocycles. The van der Waals surface area contributed by atoms with E-state index in [1.165, 1.54) is 12.1 Å². The van der Waals surface area contributed by atoms with Crippen LogP contribution in [0.15, 0.2) is 18.2 Å². The summed E-state index contributed by atoms with van der Waals surface area (Å²) in [5, 5.41) is 10.9. The quantitative estimate of drug-likeness (QED) is 0.390. The molecule has 1 saturated heterocycles. The molecule has 0 unspecified atom stereocenters. The minimum Gasteiger partial charge on any atom is -0.339 e. The highest BCUT2D eigenvalue weighted by Crippen LogP contribution is 2.31. The molecule has 0 radical (unpaired) electrons. The van der Waals surface area contributed by atoms with Crippen LogP contribution in [-0.4, -0.2) is 76.0 Å². The molecule has 3 aliphatic rings. The lowest BCUT2D eigenvalue weighted by Gasteiger charge is -2.35. The molecule has 0 atom stereocenters. The molecular formula is C20H22N4O6. The fraction of sp³-hybridized carbons (Fsp3) is 0.500. The van der Waals surface area contributed by atoms with Crippen LogP contribution in [0.1, 0.15) is 46.4 Å². The normalized spacial score (nSPS) is 18.6. The van der Waals surface area contributed by atoms with Crippen LogP contribution < -0.4 is 0 Å². The first-order valence-corrected chi connectivity index (χ1v) is 10.1. The van der Waals surface area contributed by atoms with Gasteiger partial charge in [0.15, 0.2) is 0 Å². The minimum absolute atomic E-state index is 0.0250. The number of nitrogens with zero attached hydrogens (tertiary/aromatic N) is 4. The van der Waals surface area contributed by atoms with Crippen LogP contribution >= 0.6 is 0 Å². The Kier molecular flexibility index (Phi) is 5.23. The predicted molar refractivity (Wildman–Crippen MR) is 104 cm³/mol. The van der Waals surface area contributed by atoms with Gasteiger partial charge < -0.3 is 9.80 Å². The topological polar surface area (TPSA) is 121 Å². The number of carbonyl (C=O) groups excluding carboxylic acids is 4. The summed E-state index contributed by atoms with van der Waals surface area (Å²) in [6.45, 7) is 2.14. The van der Waals surface area contributed by atoms with Gasteiger partial charge in [-0.15, -0.1) is 0 Å². The highest BCUT2D eigenvalue weighted by atomic mass is 16.6. The fourth-order valence-corrected chi connectivity index (χ4v) is 3.91. The van der Waals surface area contributed by atoms with E-state index < -0.39 is 16.7 Å². The van der Waals surface area contributed by atoms with Crippen molar-refractivity contribution in [2.45, 2.75) is 25.7 Å². The van der Waals surface area contributed by atoms with Gasteiger partial charge in [0, 0.05) is 57.2 Å². The highest BCUT2D eigenvalue weighted by Gasteiger charge is 2.37. The van der Waals surface area contributed by atoms with Crippen LogP contribution in [0.5, 0.6) is 0 Å². The number of hydrogen-bond donors (Lipinski definition) is 0. The Bertz CT molecular complexity index is 933. The molecule has 30 heavy (non-hydrogen) atoms. The maximum absolute atomic E-state index is 12.5. The molecule has 1 aliphatic carbocycles. The molecule has 1 aromatic rings. The average Bonchev–Trinajstić information content (AvgIpc) is 3.57. The number of hydrogen-bond acceptors (Lipinski definition) is 6. The molecule has 0 aromatic heterocycles. The monoisotopic (exact) mass is 414 g/mol. The Morgan fingerprint density at radius 1 is 1.00 bits per heavy atom. The molecule has 158 valence electrons. The third-order valence-electron chi connectivity index (χ3n) is 5.81. The largest absolute Gasteiger partial charge is 0.339 e. The number of imide groups is 1. The molecule has 1 saturated carbocycles. The zero-order valence-corrected chi connectivity index (χ0v) is 16.4. The Morgan fingerprint density at radius 2 is 1.63 bits per heavy atom. The van der Waals surface area contributed by atoms with E-state index in [0.717, 1.165) is 23.8 Å². The number of amides is 4. The van der Waals surface area contributed by atoms with Crippen molar-refractivity contribution >= 4 is 29.3 Å². The molecule has 10 nitrogen and oxygen atoms in total. The summed E-state index contributed by atoms with van der Waals surface area (Å²) < 4.78 is 0. The van der Waals surface area contributed by atoms with Crippen molar-refractivity contribution in [2.75, 3.05) is 32.7 Å². The maximum Gasteiger partial charge on any atom is 0.270 e. The number of piperazine rings is 1. The van der Waals surface area contributed by atoms with Crippen LogP contribution in [0.4, 0.5) is 5.69 Å². The number of nitro groups is 1. The standard InChI is InChI=1S/C20H22N4O6/c25-17(21-8-10-22(11-9-21)18(26)13-3-4-13)2-1-7-23-19(27)15-6-5-14(24(29)30)12-16(15)20(23)28/h5-6,12-13H,1-4,7-11H2. The van der Waals surface area contributed by atoms with Gasteiger partial charge in [0.05, 0.1) is 16.1 Å². The summed E-state index contributed by atoms with van der Waals surface area (Å²) in [5.41, 5.74) is -0.0726. The smallest absolute Gasteiger partial charge is 0.270 e.